The molecule has 2 aromatic carbocycles. The van der Waals surface area contributed by atoms with E-state index in [1.165, 1.54) is 0 Å². The Bertz CT molecular complexity index is 901. The second-order valence-electron chi connectivity index (χ2n) is 6.74. The van der Waals surface area contributed by atoms with Crippen LogP contribution in [0.3, 0.4) is 0 Å². The number of fused-ring (bicyclic) bond motifs is 1. The first-order chi connectivity index (χ1) is 13.9. The minimum atomic E-state index is -1.57. The maximum absolute atomic E-state index is 13.1. The van der Waals surface area contributed by atoms with E-state index < -0.39 is 23.3 Å². The molecule has 5 nitrogen and oxygen atoms in total. The van der Waals surface area contributed by atoms with Gasteiger partial charge in [0.05, 0.1) is 19.1 Å². The smallest absolute Gasteiger partial charge is 0.324 e. The Balaban J connectivity index is 2.08. The van der Waals surface area contributed by atoms with Crippen molar-refractivity contribution in [3.63, 3.8) is 0 Å². The van der Waals surface area contributed by atoms with E-state index in [-0.39, 0.29) is 19.6 Å². The van der Waals surface area contributed by atoms with E-state index in [1.807, 2.05) is 36.4 Å². The van der Waals surface area contributed by atoms with Crippen molar-refractivity contribution in [3.05, 3.63) is 76.5 Å². The van der Waals surface area contributed by atoms with E-state index in [2.05, 4.69) is 22.5 Å². The van der Waals surface area contributed by atoms with Gasteiger partial charge in [-0.1, -0.05) is 46.8 Å². The van der Waals surface area contributed by atoms with Gasteiger partial charge in [0.2, 0.25) is 0 Å². The lowest BCUT2D eigenvalue weighted by molar-refractivity contribution is -0.173. The summed E-state index contributed by atoms with van der Waals surface area (Å²) in [6.45, 7) is 7.81. The fourth-order valence-electron chi connectivity index (χ4n) is 3.79. The Labute approximate surface area is 178 Å². The predicted octanol–water partition coefficient (Wildman–Crippen LogP) is 4.79. The molecular weight excluding hydrogens is 436 g/mol. The molecule has 0 saturated carbocycles. The minimum Gasteiger partial charge on any atom is -0.465 e. The van der Waals surface area contributed by atoms with Crippen molar-refractivity contribution in [1.29, 1.82) is 0 Å². The Kier molecular flexibility index (Phi) is 6.42. The summed E-state index contributed by atoms with van der Waals surface area (Å²) in [6.07, 6.45) is 0.175. The quantitative estimate of drug-likeness (QED) is 0.339. The van der Waals surface area contributed by atoms with E-state index in [4.69, 9.17) is 14.2 Å². The molecule has 0 saturated heterocycles. The summed E-state index contributed by atoms with van der Waals surface area (Å²) in [5, 5.41) is 0. The van der Waals surface area contributed by atoms with Gasteiger partial charge < -0.3 is 14.2 Å². The molecule has 0 radical (unpaired) electrons. The number of ether oxygens (including phenoxy) is 3. The van der Waals surface area contributed by atoms with Crippen LogP contribution in [0.5, 0.6) is 5.75 Å². The van der Waals surface area contributed by atoms with E-state index in [0.29, 0.717) is 11.5 Å². The maximum atomic E-state index is 13.1. The lowest BCUT2D eigenvalue weighted by Crippen LogP contribution is -2.46. The SMILES string of the molecule is C=C(Oc1ccc(Br)cc1)C1c2ccccc2CC1(C(=O)OCC)C(=O)OCC. The molecule has 29 heavy (non-hydrogen) atoms. The second-order valence-corrected chi connectivity index (χ2v) is 7.66. The van der Waals surface area contributed by atoms with Crippen LogP contribution in [0.1, 0.15) is 30.9 Å². The van der Waals surface area contributed by atoms with Crippen LogP contribution in [0.25, 0.3) is 0 Å². The molecule has 3 rings (SSSR count). The van der Waals surface area contributed by atoms with Crippen molar-refractivity contribution in [2.75, 3.05) is 13.2 Å². The molecule has 0 fully saturated rings. The fourth-order valence-corrected chi connectivity index (χ4v) is 4.05. The molecule has 1 aliphatic rings. The van der Waals surface area contributed by atoms with Crippen molar-refractivity contribution in [2.24, 2.45) is 5.41 Å². The fraction of sp³-hybridized carbons (Fsp3) is 0.304. The number of hydrogen-bond acceptors (Lipinski definition) is 5. The maximum Gasteiger partial charge on any atom is 0.324 e. The molecule has 6 heteroatoms. The molecule has 152 valence electrons. The summed E-state index contributed by atoms with van der Waals surface area (Å²) >= 11 is 3.39. The molecule has 0 spiro atoms. The third-order valence-electron chi connectivity index (χ3n) is 4.99. The number of allylic oxidation sites excluding steroid dienone is 1. The number of carbonyl (C=O) groups excluding carboxylic acids is 2. The average molecular weight is 459 g/mol. The number of esters is 2. The van der Waals surface area contributed by atoms with Crippen LogP contribution in [-0.4, -0.2) is 25.2 Å². The number of rotatable bonds is 7. The standard InChI is InChI=1S/C23H23BrO5/c1-4-27-21(25)23(22(26)28-5-2)14-16-8-6-7-9-19(16)20(23)15(3)29-18-12-10-17(24)11-13-18/h6-13,20H,3-5,14H2,1-2H3. The normalized spacial score (nSPS) is 16.6. The highest BCUT2D eigenvalue weighted by molar-refractivity contribution is 9.10. The van der Waals surface area contributed by atoms with Gasteiger partial charge in [0.15, 0.2) is 5.41 Å². The highest BCUT2D eigenvalue weighted by Gasteiger charge is 2.61. The molecule has 0 aliphatic heterocycles. The van der Waals surface area contributed by atoms with Crippen molar-refractivity contribution in [2.45, 2.75) is 26.2 Å². The summed E-state index contributed by atoms with van der Waals surface area (Å²) < 4.78 is 17.6. The lowest BCUT2D eigenvalue weighted by Gasteiger charge is -2.32. The molecule has 1 unspecified atom stereocenters. The Morgan fingerprint density at radius 3 is 2.21 bits per heavy atom. The zero-order valence-electron chi connectivity index (χ0n) is 16.4. The van der Waals surface area contributed by atoms with Gasteiger partial charge in [-0.05, 0) is 49.2 Å². The van der Waals surface area contributed by atoms with Crippen molar-refractivity contribution < 1.29 is 23.8 Å². The summed E-state index contributed by atoms with van der Waals surface area (Å²) in [4.78, 5) is 26.3. The third-order valence-corrected chi connectivity index (χ3v) is 5.52. The van der Waals surface area contributed by atoms with Gasteiger partial charge in [-0.3, -0.25) is 9.59 Å². The Morgan fingerprint density at radius 1 is 1.03 bits per heavy atom. The molecular formula is C23H23BrO5. The summed E-state index contributed by atoms with van der Waals surface area (Å²) in [5.41, 5.74) is 0.122. The van der Waals surface area contributed by atoms with Crippen LogP contribution < -0.4 is 4.74 Å². The average Bonchev–Trinajstić information content (AvgIpc) is 3.06. The second kappa shape index (κ2) is 8.82. The van der Waals surface area contributed by atoms with Gasteiger partial charge in [-0.2, -0.15) is 0 Å². The number of hydrogen-bond donors (Lipinski definition) is 0. The van der Waals surface area contributed by atoms with Gasteiger partial charge in [0.25, 0.3) is 0 Å². The zero-order valence-corrected chi connectivity index (χ0v) is 18.0. The molecule has 0 N–H and O–H groups in total. The molecule has 0 aromatic heterocycles. The van der Waals surface area contributed by atoms with Crippen LogP contribution in [0, 0.1) is 5.41 Å². The monoisotopic (exact) mass is 458 g/mol. The van der Waals surface area contributed by atoms with Crippen molar-refractivity contribution >= 4 is 27.9 Å². The number of benzene rings is 2. The molecule has 2 aromatic rings. The number of halogens is 1. The van der Waals surface area contributed by atoms with Gasteiger partial charge in [0.1, 0.15) is 11.5 Å². The summed E-state index contributed by atoms with van der Waals surface area (Å²) in [5.74, 6) is -1.12. The first-order valence-electron chi connectivity index (χ1n) is 9.48. The first-order valence-corrected chi connectivity index (χ1v) is 10.3. The van der Waals surface area contributed by atoms with Crippen molar-refractivity contribution in [1.82, 2.24) is 0 Å². The Hall–Kier alpha value is -2.60. The molecule has 1 atom stereocenters. The zero-order chi connectivity index (χ0) is 21.0. The molecule has 0 bridgehead atoms. The van der Waals surface area contributed by atoms with Gasteiger partial charge in [-0.15, -0.1) is 0 Å². The highest BCUT2D eigenvalue weighted by Crippen LogP contribution is 2.52. The first kappa shape index (κ1) is 21.1. The van der Waals surface area contributed by atoms with Gasteiger partial charge in [-0.25, -0.2) is 0 Å². The highest BCUT2D eigenvalue weighted by atomic mass is 79.9. The van der Waals surface area contributed by atoms with E-state index >= 15 is 0 Å². The number of carbonyl (C=O) groups is 2. The van der Waals surface area contributed by atoms with Gasteiger partial charge >= 0.3 is 11.9 Å². The molecule has 0 heterocycles. The topological polar surface area (TPSA) is 61.8 Å². The summed E-state index contributed by atoms with van der Waals surface area (Å²) in [7, 11) is 0. The molecule has 0 amide bonds. The predicted molar refractivity (Wildman–Crippen MR) is 112 cm³/mol. The van der Waals surface area contributed by atoms with Crippen LogP contribution in [0.4, 0.5) is 0 Å². The van der Waals surface area contributed by atoms with E-state index in [1.54, 1.807) is 26.0 Å². The molecule has 1 aliphatic carbocycles. The van der Waals surface area contributed by atoms with Crippen LogP contribution >= 0.6 is 15.9 Å². The lowest BCUT2D eigenvalue weighted by atomic mass is 9.75. The third kappa shape index (κ3) is 3.94. The largest absolute Gasteiger partial charge is 0.465 e. The van der Waals surface area contributed by atoms with E-state index in [0.717, 1.165) is 15.6 Å². The van der Waals surface area contributed by atoms with E-state index in [9.17, 15) is 9.59 Å². The van der Waals surface area contributed by atoms with Crippen LogP contribution in [-0.2, 0) is 25.5 Å². The summed E-state index contributed by atoms with van der Waals surface area (Å²) in [6, 6.07) is 14.8. The Morgan fingerprint density at radius 2 is 1.62 bits per heavy atom. The minimum absolute atomic E-state index is 0.156. The van der Waals surface area contributed by atoms with Crippen molar-refractivity contribution in [3.8, 4) is 5.75 Å². The van der Waals surface area contributed by atoms with Gasteiger partial charge in [0, 0.05) is 10.9 Å². The van der Waals surface area contributed by atoms with Crippen LogP contribution in [0.2, 0.25) is 0 Å². The van der Waals surface area contributed by atoms with Crippen LogP contribution in [0.15, 0.2) is 65.3 Å².